The minimum Gasteiger partial charge on any atom is -0.482 e. The van der Waals surface area contributed by atoms with E-state index in [1.54, 1.807) is 24.1 Å². The van der Waals surface area contributed by atoms with Crippen molar-refractivity contribution in [3.05, 3.63) is 65.2 Å². The van der Waals surface area contributed by atoms with E-state index in [9.17, 15) is 9.59 Å². The van der Waals surface area contributed by atoms with Gasteiger partial charge in [0.05, 0.1) is 0 Å². The van der Waals surface area contributed by atoms with Gasteiger partial charge in [-0.15, -0.1) is 0 Å². The Kier molecular flexibility index (Phi) is 5.95. The molecule has 0 aliphatic heterocycles. The predicted octanol–water partition coefficient (Wildman–Crippen LogP) is 2.98. The van der Waals surface area contributed by atoms with E-state index in [0.29, 0.717) is 17.9 Å². The highest BCUT2D eigenvalue weighted by Gasteiger charge is 2.12. The van der Waals surface area contributed by atoms with Crippen LogP contribution in [0.5, 0.6) is 5.75 Å². The molecular weight excluding hydrogens is 306 g/mol. The second-order valence-electron chi connectivity index (χ2n) is 5.54. The van der Waals surface area contributed by atoms with Crippen LogP contribution in [-0.4, -0.2) is 35.5 Å². The Labute approximate surface area is 141 Å². The number of benzene rings is 2. The quantitative estimate of drug-likeness (QED) is 0.849. The molecule has 0 spiro atoms. The Bertz CT molecular complexity index is 692. The van der Waals surface area contributed by atoms with E-state index in [1.807, 2.05) is 36.4 Å². The lowest BCUT2D eigenvalue weighted by molar-refractivity contribution is -0.139. The summed E-state index contributed by atoms with van der Waals surface area (Å²) in [6.07, 6.45) is 0.945. The third-order valence-electron chi connectivity index (χ3n) is 3.66. The van der Waals surface area contributed by atoms with Crippen LogP contribution in [0.4, 0.5) is 0 Å². The largest absolute Gasteiger partial charge is 0.482 e. The van der Waals surface area contributed by atoms with E-state index >= 15 is 0 Å². The van der Waals surface area contributed by atoms with Crippen LogP contribution in [0.2, 0.25) is 0 Å². The number of ether oxygens (including phenoxy) is 1. The third kappa shape index (κ3) is 4.84. The molecule has 0 radical (unpaired) electrons. The second-order valence-corrected chi connectivity index (χ2v) is 5.54. The van der Waals surface area contributed by atoms with Crippen molar-refractivity contribution in [2.75, 3.05) is 13.7 Å². The molecular formula is C19H21NO4. The van der Waals surface area contributed by atoms with Crippen LogP contribution in [0, 0.1) is 0 Å². The fourth-order valence-corrected chi connectivity index (χ4v) is 2.29. The van der Waals surface area contributed by atoms with E-state index in [-0.39, 0.29) is 12.5 Å². The number of carbonyl (C=O) groups is 2. The number of hydrogen-bond acceptors (Lipinski definition) is 3. The summed E-state index contributed by atoms with van der Waals surface area (Å²) < 4.78 is 5.09. The van der Waals surface area contributed by atoms with Crippen molar-refractivity contribution in [2.24, 2.45) is 0 Å². The number of hydrogen-bond donors (Lipinski definition) is 1. The lowest BCUT2D eigenvalue weighted by Gasteiger charge is -2.18. The van der Waals surface area contributed by atoms with Crippen molar-refractivity contribution in [3.8, 4) is 5.75 Å². The molecule has 0 aliphatic carbocycles. The molecule has 0 saturated carbocycles. The third-order valence-corrected chi connectivity index (χ3v) is 3.66. The van der Waals surface area contributed by atoms with E-state index in [4.69, 9.17) is 9.84 Å². The average Bonchev–Trinajstić information content (AvgIpc) is 2.60. The van der Waals surface area contributed by atoms with E-state index in [2.05, 4.69) is 6.92 Å². The minimum atomic E-state index is -1.02. The maximum atomic E-state index is 12.4. The highest BCUT2D eigenvalue weighted by Crippen LogP contribution is 2.15. The molecule has 24 heavy (non-hydrogen) atoms. The normalized spacial score (nSPS) is 10.2. The van der Waals surface area contributed by atoms with Crippen molar-refractivity contribution in [1.82, 2.24) is 4.90 Å². The molecule has 0 saturated heterocycles. The first-order chi connectivity index (χ1) is 11.5. The fraction of sp³-hybridized carbons (Fsp3) is 0.263. The number of carbonyl (C=O) groups excluding carboxylic acids is 1. The Morgan fingerprint density at radius 2 is 1.58 bits per heavy atom. The zero-order chi connectivity index (χ0) is 17.5. The topological polar surface area (TPSA) is 66.8 Å². The molecule has 0 aromatic heterocycles. The molecule has 0 aliphatic rings. The van der Waals surface area contributed by atoms with Crippen LogP contribution in [0.25, 0.3) is 0 Å². The lowest BCUT2D eigenvalue weighted by Crippen LogP contribution is -2.26. The van der Waals surface area contributed by atoms with Gasteiger partial charge in [-0.25, -0.2) is 4.79 Å². The summed E-state index contributed by atoms with van der Waals surface area (Å²) in [7, 11) is 1.75. The minimum absolute atomic E-state index is 0.0381. The number of rotatable bonds is 7. The van der Waals surface area contributed by atoms with E-state index < -0.39 is 5.97 Å². The van der Waals surface area contributed by atoms with Gasteiger partial charge in [0.2, 0.25) is 0 Å². The molecule has 2 aromatic rings. The SMILES string of the molecule is CCc1ccc(C(=O)N(C)Cc2ccc(OCC(=O)O)cc2)cc1. The summed E-state index contributed by atoms with van der Waals surface area (Å²) in [4.78, 5) is 24.5. The van der Waals surface area contributed by atoms with Gasteiger partial charge < -0.3 is 14.7 Å². The van der Waals surface area contributed by atoms with Gasteiger partial charge >= 0.3 is 5.97 Å². The van der Waals surface area contributed by atoms with Gasteiger partial charge in [0.1, 0.15) is 5.75 Å². The van der Waals surface area contributed by atoms with Crippen molar-refractivity contribution in [3.63, 3.8) is 0 Å². The average molecular weight is 327 g/mol. The van der Waals surface area contributed by atoms with Crippen molar-refractivity contribution in [1.29, 1.82) is 0 Å². The molecule has 2 rings (SSSR count). The zero-order valence-corrected chi connectivity index (χ0v) is 13.9. The number of carboxylic acids is 1. The summed E-state index contributed by atoms with van der Waals surface area (Å²) in [6.45, 7) is 2.17. The smallest absolute Gasteiger partial charge is 0.341 e. The first-order valence-electron chi connectivity index (χ1n) is 7.77. The molecule has 5 heteroatoms. The molecule has 0 bridgehead atoms. The Hall–Kier alpha value is -2.82. The number of aryl methyl sites for hydroxylation is 1. The Morgan fingerprint density at radius 3 is 2.12 bits per heavy atom. The van der Waals surface area contributed by atoms with Crippen LogP contribution in [0.1, 0.15) is 28.4 Å². The van der Waals surface area contributed by atoms with Crippen LogP contribution < -0.4 is 4.74 Å². The molecule has 5 nitrogen and oxygen atoms in total. The summed E-state index contributed by atoms with van der Waals surface area (Å²) in [5.41, 5.74) is 2.81. The van der Waals surface area contributed by atoms with Gasteiger partial charge in [-0.3, -0.25) is 4.79 Å². The van der Waals surface area contributed by atoms with Gasteiger partial charge in [-0.1, -0.05) is 31.2 Å². The summed E-state index contributed by atoms with van der Waals surface area (Å²) in [5, 5.41) is 8.58. The highest BCUT2D eigenvalue weighted by atomic mass is 16.5. The monoisotopic (exact) mass is 327 g/mol. The summed E-state index contributed by atoms with van der Waals surface area (Å²) >= 11 is 0. The van der Waals surface area contributed by atoms with Crippen molar-refractivity contribution < 1.29 is 19.4 Å². The Morgan fingerprint density at radius 1 is 1.00 bits per heavy atom. The molecule has 0 fully saturated rings. The molecule has 0 heterocycles. The van der Waals surface area contributed by atoms with E-state index in [1.165, 1.54) is 5.56 Å². The summed E-state index contributed by atoms with van der Waals surface area (Å²) in [6, 6.07) is 14.7. The van der Waals surface area contributed by atoms with Crippen LogP contribution in [0.3, 0.4) is 0 Å². The van der Waals surface area contributed by atoms with Crippen LogP contribution in [-0.2, 0) is 17.8 Å². The van der Waals surface area contributed by atoms with Crippen LogP contribution in [0.15, 0.2) is 48.5 Å². The molecule has 0 unspecified atom stereocenters. The van der Waals surface area contributed by atoms with Crippen molar-refractivity contribution in [2.45, 2.75) is 19.9 Å². The predicted molar refractivity (Wildman–Crippen MR) is 91.2 cm³/mol. The number of amides is 1. The van der Waals surface area contributed by atoms with Gasteiger partial charge in [0.25, 0.3) is 5.91 Å². The number of nitrogens with zero attached hydrogens (tertiary/aromatic N) is 1. The maximum Gasteiger partial charge on any atom is 0.341 e. The fourth-order valence-electron chi connectivity index (χ4n) is 2.29. The number of aliphatic carboxylic acids is 1. The first-order valence-corrected chi connectivity index (χ1v) is 7.77. The van der Waals surface area contributed by atoms with Gasteiger partial charge in [0.15, 0.2) is 6.61 Å². The standard InChI is InChI=1S/C19H21NO4/c1-3-14-4-8-16(9-5-14)19(23)20(2)12-15-6-10-17(11-7-15)24-13-18(21)22/h4-11H,3,12-13H2,1-2H3,(H,21,22). The molecule has 2 aromatic carbocycles. The Balaban J connectivity index is 1.96. The molecule has 126 valence electrons. The zero-order valence-electron chi connectivity index (χ0n) is 13.9. The summed E-state index contributed by atoms with van der Waals surface area (Å²) in [5.74, 6) is -0.562. The second kappa shape index (κ2) is 8.15. The number of carboxylic acid groups (broad SMARTS) is 1. The first kappa shape index (κ1) is 17.5. The van der Waals surface area contributed by atoms with Gasteiger partial charge in [-0.2, -0.15) is 0 Å². The molecule has 0 atom stereocenters. The van der Waals surface area contributed by atoms with Crippen molar-refractivity contribution >= 4 is 11.9 Å². The van der Waals surface area contributed by atoms with Crippen LogP contribution >= 0.6 is 0 Å². The molecule has 1 amide bonds. The molecule has 1 N–H and O–H groups in total. The highest BCUT2D eigenvalue weighted by molar-refractivity contribution is 5.94. The maximum absolute atomic E-state index is 12.4. The van der Waals surface area contributed by atoms with Gasteiger partial charge in [-0.05, 0) is 41.8 Å². The lowest BCUT2D eigenvalue weighted by atomic mass is 10.1. The van der Waals surface area contributed by atoms with Gasteiger partial charge in [0, 0.05) is 19.2 Å². The van der Waals surface area contributed by atoms with E-state index in [0.717, 1.165) is 12.0 Å².